The second kappa shape index (κ2) is 12.2. The number of para-hydroxylation sites is 1. The minimum absolute atomic E-state index is 0.0199. The van der Waals surface area contributed by atoms with Crippen molar-refractivity contribution in [2.75, 3.05) is 4.90 Å². The van der Waals surface area contributed by atoms with Gasteiger partial charge in [0.1, 0.15) is 11.2 Å². The number of anilines is 3. The number of hydrogen-bond donors (Lipinski definition) is 0. The Hall–Kier alpha value is -7.16. The van der Waals surface area contributed by atoms with Crippen LogP contribution in [0.3, 0.4) is 0 Å². The van der Waals surface area contributed by atoms with Crippen molar-refractivity contribution in [3.05, 3.63) is 200 Å². The Bertz CT molecular complexity index is 4330. The molecular weight excluding hydrogens is 655 g/mol. The van der Waals surface area contributed by atoms with Gasteiger partial charge in [-0.1, -0.05) is 133 Å². The monoisotopic (exact) mass is 708 g/mol. The minimum Gasteiger partial charge on any atom is -0.455 e. The highest BCUT2D eigenvalue weighted by Crippen LogP contribution is 2.42. The van der Waals surface area contributed by atoms with Crippen LogP contribution in [0.25, 0.3) is 87.3 Å². The van der Waals surface area contributed by atoms with Crippen molar-refractivity contribution in [1.82, 2.24) is 0 Å². The van der Waals surface area contributed by atoms with E-state index in [1.807, 2.05) is 12.1 Å². The van der Waals surface area contributed by atoms with Gasteiger partial charge in [0.2, 0.25) is 0 Å². The first kappa shape index (κ1) is 16.2. The van der Waals surface area contributed by atoms with Crippen LogP contribution in [-0.2, 0) is 0 Å². The van der Waals surface area contributed by atoms with E-state index in [1.165, 1.54) is 6.07 Å². The fourth-order valence-electron chi connectivity index (χ4n) is 6.79. The van der Waals surface area contributed by atoms with Crippen LogP contribution in [0.4, 0.5) is 17.1 Å². The van der Waals surface area contributed by atoms with Gasteiger partial charge in [-0.15, -0.1) is 0 Å². The quantitative estimate of drug-likeness (QED) is 0.177. The van der Waals surface area contributed by atoms with Gasteiger partial charge in [-0.3, -0.25) is 0 Å². The molecule has 2 heteroatoms. The lowest BCUT2D eigenvalue weighted by Crippen LogP contribution is -2.10. The molecule has 1 aromatic heterocycles. The maximum Gasteiger partial charge on any atom is 0.143 e. The van der Waals surface area contributed by atoms with Gasteiger partial charge in [0.05, 0.1) is 28.8 Å². The van der Waals surface area contributed by atoms with E-state index in [2.05, 4.69) is 0 Å². The minimum atomic E-state index is -0.751. The lowest BCUT2D eigenvalue weighted by Gasteiger charge is -2.26. The first-order chi connectivity index (χ1) is 35.5. The van der Waals surface area contributed by atoms with Crippen molar-refractivity contribution < 1.29 is 33.2 Å². The molecule has 0 fully saturated rings. The molecule has 0 unspecified atom stereocenters. The number of hydrogen-bond acceptors (Lipinski definition) is 2. The van der Waals surface area contributed by atoms with E-state index in [1.54, 1.807) is 54.6 Å². The maximum atomic E-state index is 9.53. The predicted molar refractivity (Wildman–Crippen MR) is 229 cm³/mol. The number of fused-ring (bicyclic) bond motifs is 7. The molecular formula is C52H33NO. The van der Waals surface area contributed by atoms with Crippen molar-refractivity contribution in [3.8, 4) is 22.3 Å². The second-order valence-electron chi connectivity index (χ2n) is 12.5. The SMILES string of the molecule is [2H]c1c([2H])c([2H])c2c([2H])c(-c3cc(-c4ccc5cc(N(c6c([2H])c([2H])c7c([2H])c([2H])c([2H])c([2H])c7c6[2H])c6c([2H])c([2H])c7c([2H])c([2H])c([2H])c([2H])c7c6[2H])ccc5c4)c4oc5ccccc5c4c3)c([2H])c([2H])c2c1[2H]. The highest BCUT2D eigenvalue weighted by Gasteiger charge is 2.18. The van der Waals surface area contributed by atoms with Gasteiger partial charge in [0.25, 0.3) is 0 Å². The summed E-state index contributed by atoms with van der Waals surface area (Å²) in [6.45, 7) is 0. The highest BCUT2D eigenvalue weighted by molar-refractivity contribution is 6.12. The Morgan fingerprint density at radius 2 is 0.981 bits per heavy atom. The van der Waals surface area contributed by atoms with Gasteiger partial charge in [-0.2, -0.15) is 0 Å². The van der Waals surface area contributed by atoms with Crippen LogP contribution in [0.15, 0.2) is 204 Å². The highest BCUT2D eigenvalue weighted by atomic mass is 16.3. The van der Waals surface area contributed by atoms with E-state index in [4.69, 9.17) is 26.3 Å². The average Bonchev–Trinajstić information content (AvgIpc) is 3.78. The molecule has 0 aliphatic carbocycles. The molecule has 54 heavy (non-hydrogen) atoms. The Kier molecular flexibility index (Phi) is 3.68. The van der Waals surface area contributed by atoms with Crippen molar-refractivity contribution in [3.63, 3.8) is 0 Å². The molecule has 0 N–H and O–H groups in total. The van der Waals surface area contributed by atoms with Crippen molar-refractivity contribution in [2.24, 2.45) is 0 Å². The van der Waals surface area contributed by atoms with Crippen LogP contribution in [-0.4, -0.2) is 0 Å². The second-order valence-corrected chi connectivity index (χ2v) is 12.5. The summed E-state index contributed by atoms with van der Waals surface area (Å²) in [5.74, 6) is 0. The zero-order valence-electron chi connectivity index (χ0n) is 48.8. The van der Waals surface area contributed by atoms with Crippen LogP contribution >= 0.6 is 0 Å². The molecule has 11 aromatic rings. The lowest BCUT2D eigenvalue weighted by atomic mass is 9.93. The van der Waals surface area contributed by atoms with E-state index >= 15 is 0 Å². The summed E-state index contributed by atoms with van der Waals surface area (Å²) in [5, 5.41) is 0.0519. The van der Waals surface area contributed by atoms with Crippen molar-refractivity contribution in [1.29, 1.82) is 0 Å². The summed E-state index contributed by atoms with van der Waals surface area (Å²) in [7, 11) is 0. The van der Waals surface area contributed by atoms with Gasteiger partial charge in [0.15, 0.2) is 0 Å². The summed E-state index contributed by atoms with van der Waals surface area (Å²) in [4.78, 5) is 1.06. The number of furan rings is 1. The fourth-order valence-corrected chi connectivity index (χ4v) is 6.79. The van der Waals surface area contributed by atoms with Crippen LogP contribution in [0.5, 0.6) is 0 Å². The molecule has 10 aromatic carbocycles. The third-order valence-electron chi connectivity index (χ3n) is 9.33. The van der Waals surface area contributed by atoms with Crippen molar-refractivity contribution >= 4 is 82.1 Å². The van der Waals surface area contributed by atoms with Crippen molar-refractivity contribution in [2.45, 2.75) is 0 Å². The zero-order chi connectivity index (χ0) is 53.9. The molecule has 0 aliphatic rings. The van der Waals surface area contributed by atoms with Gasteiger partial charge >= 0.3 is 0 Å². The van der Waals surface area contributed by atoms with Gasteiger partial charge in [-0.25, -0.2) is 0 Å². The molecule has 0 spiro atoms. The molecule has 0 aliphatic heterocycles. The molecule has 2 nitrogen and oxygen atoms in total. The largest absolute Gasteiger partial charge is 0.455 e. The fraction of sp³-hybridized carbons (Fsp3) is 0. The molecule has 0 radical (unpaired) electrons. The number of benzene rings is 10. The molecule has 1 heterocycles. The average molecular weight is 709 g/mol. The Morgan fingerprint density at radius 1 is 0.389 bits per heavy atom. The topological polar surface area (TPSA) is 16.4 Å². The summed E-state index contributed by atoms with van der Waals surface area (Å²) < 4.78 is 192. The Morgan fingerprint density at radius 3 is 1.69 bits per heavy atom. The first-order valence-corrected chi connectivity index (χ1v) is 16.8. The summed E-state index contributed by atoms with van der Waals surface area (Å²) in [5.41, 5.74) is 1.12. The molecule has 0 atom stereocenters. The van der Waals surface area contributed by atoms with E-state index in [0.29, 0.717) is 43.8 Å². The predicted octanol–water partition coefficient (Wildman–Crippen LogP) is 15.0. The molecule has 252 valence electrons. The summed E-state index contributed by atoms with van der Waals surface area (Å²) in [6, 6.07) is 6.98. The van der Waals surface area contributed by atoms with Crippen LogP contribution in [0, 0.1) is 0 Å². The Labute approximate surface area is 342 Å². The summed E-state index contributed by atoms with van der Waals surface area (Å²) in [6.07, 6.45) is 0. The van der Waals surface area contributed by atoms with Gasteiger partial charge in [0, 0.05) is 33.4 Å². The molecule has 0 saturated heterocycles. The number of nitrogens with zero attached hydrogens (tertiary/aromatic N) is 1. The summed E-state index contributed by atoms with van der Waals surface area (Å²) >= 11 is 0. The smallest absolute Gasteiger partial charge is 0.143 e. The normalized spacial score (nSPS) is 17.1. The van der Waals surface area contributed by atoms with Crippen LogP contribution < -0.4 is 4.90 Å². The zero-order valence-corrected chi connectivity index (χ0v) is 27.8. The van der Waals surface area contributed by atoms with Gasteiger partial charge in [-0.05, 0) is 126 Å². The lowest BCUT2D eigenvalue weighted by molar-refractivity contribution is 0.670. The van der Waals surface area contributed by atoms with E-state index < -0.39 is 154 Å². The maximum absolute atomic E-state index is 9.53. The number of rotatable bonds is 5. The third kappa shape index (κ3) is 5.11. The Balaban J connectivity index is 1.17. The molecule has 0 saturated carbocycles. The van der Waals surface area contributed by atoms with E-state index in [0.717, 1.165) is 4.90 Å². The van der Waals surface area contributed by atoms with Crippen LogP contribution in [0.2, 0.25) is 0 Å². The standard InChI is InChI=1S/C52H33NO/c1-4-12-37-27-41(18-17-34(37)9-1)44-32-49(52-50(33-44)48-15-7-8-16-51(48)54-52)43-20-19-42-31-47(26-23-40(42)28-43)53(45-24-21-35-10-2-5-13-38(35)29-45)46-25-22-36-11-3-6-14-39(36)30-46/h1-33H/i1D,2D,3D,4D,5D,6D,9D,10D,11D,12D,13D,14D,17D,18D,21D,22D,24D,25D,27D,29D,30D. The first-order valence-electron chi connectivity index (χ1n) is 27.3. The molecule has 0 bridgehead atoms. The van der Waals surface area contributed by atoms with E-state index in [-0.39, 0.29) is 33.6 Å². The molecule has 11 rings (SSSR count). The third-order valence-corrected chi connectivity index (χ3v) is 9.33. The van der Waals surface area contributed by atoms with Crippen LogP contribution in [0.1, 0.15) is 28.8 Å². The molecule has 0 amide bonds. The van der Waals surface area contributed by atoms with E-state index in [9.17, 15) is 6.85 Å². The van der Waals surface area contributed by atoms with Gasteiger partial charge < -0.3 is 9.32 Å².